The van der Waals surface area contributed by atoms with E-state index in [9.17, 15) is 14.0 Å². The Hall–Kier alpha value is -1.86. The summed E-state index contributed by atoms with van der Waals surface area (Å²) in [6, 6.07) is 6.02. The molecular weight excluding hydrogens is 383 g/mol. The summed E-state index contributed by atoms with van der Waals surface area (Å²) < 4.78 is 13.8. The highest BCUT2D eigenvalue weighted by Crippen LogP contribution is 2.23. The molecule has 0 aromatic heterocycles. The molecule has 1 aromatic carbocycles. The minimum atomic E-state index is -0.460. The number of urea groups is 1. The van der Waals surface area contributed by atoms with Crippen molar-refractivity contribution in [2.24, 2.45) is 5.92 Å². The van der Waals surface area contributed by atoms with Gasteiger partial charge >= 0.3 is 6.03 Å². The number of hydrogen-bond acceptors (Lipinski definition) is 3. The van der Waals surface area contributed by atoms with Gasteiger partial charge in [0.1, 0.15) is 5.82 Å². The van der Waals surface area contributed by atoms with Crippen LogP contribution in [-0.4, -0.2) is 60.5 Å². The minimum Gasteiger partial charge on any atom is -0.338 e. The zero-order chi connectivity index (χ0) is 19.2. The van der Waals surface area contributed by atoms with Crippen LogP contribution in [0.1, 0.15) is 32.6 Å². The van der Waals surface area contributed by atoms with Crippen LogP contribution in [0.5, 0.6) is 0 Å². The van der Waals surface area contributed by atoms with E-state index in [1.807, 2.05) is 4.90 Å². The molecule has 2 atom stereocenters. The average molecular weight is 413 g/mol. The first kappa shape index (κ1) is 22.4. The second-order valence-electron chi connectivity index (χ2n) is 7.37. The number of piperidine rings is 1. The number of amides is 3. The Labute approximate surface area is 172 Å². The van der Waals surface area contributed by atoms with E-state index in [0.717, 1.165) is 45.3 Å². The van der Waals surface area contributed by atoms with E-state index in [2.05, 4.69) is 17.6 Å². The van der Waals surface area contributed by atoms with Crippen LogP contribution in [0.2, 0.25) is 0 Å². The number of carbonyl (C=O) groups is 2. The number of halogens is 2. The van der Waals surface area contributed by atoms with Gasteiger partial charge in [0.2, 0.25) is 5.91 Å². The highest BCUT2D eigenvalue weighted by atomic mass is 35.5. The lowest BCUT2D eigenvalue weighted by molar-refractivity contribution is -0.139. The summed E-state index contributed by atoms with van der Waals surface area (Å²) in [4.78, 5) is 29.3. The lowest BCUT2D eigenvalue weighted by atomic mass is 9.95. The number of anilines is 1. The second-order valence-corrected chi connectivity index (χ2v) is 7.37. The fraction of sp³-hybridized carbons (Fsp3) is 0.600. The van der Waals surface area contributed by atoms with Gasteiger partial charge in [0, 0.05) is 32.2 Å². The molecule has 0 spiro atoms. The number of nitrogens with one attached hydrogen (secondary N) is 2. The Morgan fingerprint density at radius 2 is 2.11 bits per heavy atom. The molecular formula is C20H30ClFN4O2. The summed E-state index contributed by atoms with van der Waals surface area (Å²) in [6.45, 7) is 5.60. The molecule has 3 rings (SSSR count). The molecule has 2 aliphatic rings. The first-order valence-corrected chi connectivity index (χ1v) is 9.91. The first-order chi connectivity index (χ1) is 13.1. The predicted molar refractivity (Wildman–Crippen MR) is 110 cm³/mol. The van der Waals surface area contributed by atoms with Gasteiger partial charge in [0.05, 0.1) is 11.6 Å². The van der Waals surface area contributed by atoms with Crippen molar-refractivity contribution >= 4 is 30.0 Å². The van der Waals surface area contributed by atoms with Crippen LogP contribution < -0.4 is 10.6 Å². The molecule has 0 aliphatic carbocycles. The summed E-state index contributed by atoms with van der Waals surface area (Å²) >= 11 is 0. The van der Waals surface area contributed by atoms with Gasteiger partial charge in [-0.15, -0.1) is 12.4 Å². The molecule has 0 radical (unpaired) electrons. The molecule has 28 heavy (non-hydrogen) atoms. The fourth-order valence-electron chi connectivity index (χ4n) is 3.97. The molecule has 6 nitrogen and oxygen atoms in total. The van der Waals surface area contributed by atoms with Crippen molar-refractivity contribution in [2.75, 3.05) is 38.0 Å². The quantitative estimate of drug-likeness (QED) is 0.781. The lowest BCUT2D eigenvalue weighted by Gasteiger charge is -2.37. The highest BCUT2D eigenvalue weighted by Gasteiger charge is 2.34. The Kier molecular flexibility index (Phi) is 8.51. The van der Waals surface area contributed by atoms with Crippen LogP contribution in [0, 0.1) is 11.7 Å². The average Bonchev–Trinajstić information content (AvgIpc) is 3.22. The molecule has 0 bridgehead atoms. The third-order valence-corrected chi connectivity index (χ3v) is 5.40. The van der Waals surface area contributed by atoms with Gasteiger partial charge in [-0.25, -0.2) is 9.18 Å². The monoisotopic (exact) mass is 412 g/mol. The molecule has 1 aromatic rings. The Balaban J connectivity index is 0.00000280. The third-order valence-electron chi connectivity index (χ3n) is 5.40. The maximum Gasteiger partial charge on any atom is 0.321 e. The van der Waals surface area contributed by atoms with Gasteiger partial charge in [-0.05, 0) is 44.4 Å². The van der Waals surface area contributed by atoms with Crippen LogP contribution in [0.15, 0.2) is 24.3 Å². The molecule has 2 aliphatic heterocycles. The number of hydrogen-bond donors (Lipinski definition) is 2. The summed E-state index contributed by atoms with van der Waals surface area (Å²) in [7, 11) is 0. The van der Waals surface area contributed by atoms with Crippen molar-refractivity contribution < 1.29 is 14.0 Å². The van der Waals surface area contributed by atoms with Crippen molar-refractivity contribution in [1.29, 1.82) is 0 Å². The summed E-state index contributed by atoms with van der Waals surface area (Å²) in [5.74, 6) is -0.496. The molecule has 2 saturated heterocycles. The van der Waals surface area contributed by atoms with Crippen LogP contribution in [0.4, 0.5) is 14.9 Å². The molecule has 3 amide bonds. The van der Waals surface area contributed by atoms with E-state index in [-0.39, 0.29) is 42.0 Å². The van der Waals surface area contributed by atoms with Crippen LogP contribution in [0.25, 0.3) is 0 Å². The second kappa shape index (κ2) is 10.6. The van der Waals surface area contributed by atoms with Crippen molar-refractivity contribution in [3.63, 3.8) is 0 Å². The van der Waals surface area contributed by atoms with Crippen LogP contribution in [0.3, 0.4) is 0 Å². The predicted octanol–water partition coefficient (Wildman–Crippen LogP) is 3.09. The Morgan fingerprint density at radius 1 is 1.32 bits per heavy atom. The summed E-state index contributed by atoms with van der Waals surface area (Å²) in [5.41, 5.74) is 0.167. The smallest absolute Gasteiger partial charge is 0.321 e. The van der Waals surface area contributed by atoms with Crippen LogP contribution in [-0.2, 0) is 4.79 Å². The van der Waals surface area contributed by atoms with Crippen molar-refractivity contribution in [2.45, 2.75) is 38.6 Å². The largest absolute Gasteiger partial charge is 0.338 e. The molecule has 8 heteroatoms. The maximum absolute atomic E-state index is 13.8. The summed E-state index contributed by atoms with van der Waals surface area (Å²) in [6.07, 6.45) is 3.48. The van der Waals surface area contributed by atoms with Crippen molar-refractivity contribution in [1.82, 2.24) is 15.1 Å². The summed E-state index contributed by atoms with van der Waals surface area (Å²) in [5, 5.41) is 5.95. The van der Waals surface area contributed by atoms with Crippen LogP contribution >= 0.6 is 12.4 Å². The van der Waals surface area contributed by atoms with Gasteiger partial charge in [-0.1, -0.05) is 19.1 Å². The Bertz CT molecular complexity index is 669. The van der Waals surface area contributed by atoms with Gasteiger partial charge in [-0.3, -0.25) is 4.79 Å². The molecule has 2 unspecified atom stereocenters. The highest BCUT2D eigenvalue weighted by molar-refractivity contribution is 5.90. The fourth-order valence-corrected chi connectivity index (χ4v) is 3.97. The number of rotatable bonds is 5. The lowest BCUT2D eigenvalue weighted by Crippen LogP contribution is -2.51. The minimum absolute atomic E-state index is 0. The van der Waals surface area contributed by atoms with Crippen molar-refractivity contribution in [3.05, 3.63) is 30.1 Å². The SMILES string of the molecule is CCCN(C(=O)C1CCCN(C(=O)Nc2ccccc2F)C1)C1CCNC1.Cl. The zero-order valence-electron chi connectivity index (χ0n) is 16.3. The molecule has 2 fully saturated rings. The molecule has 156 valence electrons. The number of benzene rings is 1. The van der Waals surface area contributed by atoms with E-state index in [1.54, 1.807) is 17.0 Å². The number of para-hydroxylation sites is 1. The number of carbonyl (C=O) groups excluding carboxylic acids is 2. The van der Waals surface area contributed by atoms with E-state index < -0.39 is 5.82 Å². The third kappa shape index (κ3) is 5.35. The van der Waals surface area contributed by atoms with E-state index in [0.29, 0.717) is 13.1 Å². The first-order valence-electron chi connectivity index (χ1n) is 9.91. The van der Waals surface area contributed by atoms with Gasteiger partial charge in [-0.2, -0.15) is 0 Å². The zero-order valence-corrected chi connectivity index (χ0v) is 17.1. The topological polar surface area (TPSA) is 64.7 Å². The van der Waals surface area contributed by atoms with E-state index >= 15 is 0 Å². The van der Waals surface area contributed by atoms with Gasteiger partial charge < -0.3 is 20.4 Å². The standard InChI is InChI=1S/C20H29FN4O2.ClH/c1-2-11-25(16-9-10-22-13-16)19(26)15-6-5-12-24(14-15)20(27)23-18-8-4-3-7-17(18)21;/h3-4,7-8,15-16,22H,2,5-6,9-14H2,1H3,(H,23,27);1H. The Morgan fingerprint density at radius 3 is 2.79 bits per heavy atom. The maximum atomic E-state index is 13.8. The van der Waals surface area contributed by atoms with Gasteiger partial charge in [0.25, 0.3) is 0 Å². The molecule has 2 N–H and O–H groups in total. The molecule has 2 heterocycles. The van der Waals surface area contributed by atoms with Gasteiger partial charge in [0.15, 0.2) is 0 Å². The van der Waals surface area contributed by atoms with E-state index in [1.165, 1.54) is 12.1 Å². The number of nitrogens with zero attached hydrogens (tertiary/aromatic N) is 2. The number of likely N-dealkylation sites (tertiary alicyclic amines) is 1. The van der Waals surface area contributed by atoms with E-state index in [4.69, 9.17) is 0 Å². The molecule has 0 saturated carbocycles. The normalized spacial score (nSPS) is 21.7. The van der Waals surface area contributed by atoms with Crippen molar-refractivity contribution in [3.8, 4) is 0 Å².